The van der Waals surface area contributed by atoms with Crippen LogP contribution in [0.4, 0.5) is 0 Å². The third-order valence-corrected chi connectivity index (χ3v) is 2.83. The zero-order chi connectivity index (χ0) is 12.0. The van der Waals surface area contributed by atoms with Crippen molar-refractivity contribution in [2.75, 3.05) is 32.2 Å². The number of alkyl halides is 1. The summed E-state index contributed by atoms with van der Waals surface area (Å²) in [7, 11) is 0. The molecule has 2 atom stereocenters. The molecule has 0 N–H and O–H groups in total. The molecule has 0 unspecified atom stereocenters. The maximum absolute atomic E-state index is 11.7. The Morgan fingerprint density at radius 1 is 1.25 bits per heavy atom. The molecule has 4 nitrogen and oxygen atoms in total. The Balaban J connectivity index is 2.50. The number of carbonyl (C=O) groups is 1. The summed E-state index contributed by atoms with van der Waals surface area (Å²) in [5.74, 6) is 0.454. The molecule has 1 amide bonds. The number of carbonyl (C=O) groups excluding carboxylic acids is 1. The molecule has 0 spiro atoms. The highest BCUT2D eigenvalue weighted by atomic mass is 35.5. The van der Waals surface area contributed by atoms with Crippen LogP contribution in [0, 0.1) is 0 Å². The van der Waals surface area contributed by atoms with E-state index in [0.29, 0.717) is 38.6 Å². The summed E-state index contributed by atoms with van der Waals surface area (Å²) in [4.78, 5) is 13.5. The van der Waals surface area contributed by atoms with Gasteiger partial charge in [-0.25, -0.2) is 0 Å². The first kappa shape index (κ1) is 13.7. The number of ether oxygens (including phenoxy) is 2. The van der Waals surface area contributed by atoms with Gasteiger partial charge in [0.25, 0.3) is 0 Å². The maximum Gasteiger partial charge on any atom is 0.223 e. The van der Waals surface area contributed by atoms with Crippen molar-refractivity contribution in [1.29, 1.82) is 0 Å². The highest BCUT2D eigenvalue weighted by Crippen LogP contribution is 2.17. The van der Waals surface area contributed by atoms with Crippen LogP contribution >= 0.6 is 11.6 Å². The third kappa shape index (κ3) is 3.61. The molecule has 1 aliphatic rings. The van der Waals surface area contributed by atoms with E-state index in [2.05, 4.69) is 0 Å². The van der Waals surface area contributed by atoms with Gasteiger partial charge < -0.3 is 14.4 Å². The second kappa shape index (κ2) is 7.09. The van der Waals surface area contributed by atoms with Gasteiger partial charge >= 0.3 is 0 Å². The van der Waals surface area contributed by atoms with Crippen molar-refractivity contribution in [2.45, 2.75) is 32.5 Å². The lowest BCUT2D eigenvalue weighted by atomic mass is 10.2. The Labute approximate surface area is 102 Å². The first-order chi connectivity index (χ1) is 7.72. The monoisotopic (exact) mass is 249 g/mol. The van der Waals surface area contributed by atoms with Crippen molar-refractivity contribution in [1.82, 2.24) is 4.90 Å². The van der Waals surface area contributed by atoms with Crippen molar-refractivity contribution in [2.24, 2.45) is 0 Å². The molecule has 16 heavy (non-hydrogen) atoms. The van der Waals surface area contributed by atoms with Gasteiger partial charge in [0.2, 0.25) is 5.91 Å². The van der Waals surface area contributed by atoms with Gasteiger partial charge in [-0.15, -0.1) is 11.6 Å². The zero-order valence-corrected chi connectivity index (χ0v) is 10.7. The van der Waals surface area contributed by atoms with E-state index in [0.717, 1.165) is 0 Å². The van der Waals surface area contributed by atoms with Crippen LogP contribution in [0.15, 0.2) is 0 Å². The summed E-state index contributed by atoms with van der Waals surface area (Å²) in [6.45, 7) is 6.43. The molecule has 0 saturated carbocycles. The van der Waals surface area contributed by atoms with Crippen molar-refractivity contribution in [3.63, 3.8) is 0 Å². The molecule has 0 aromatic heterocycles. The van der Waals surface area contributed by atoms with Gasteiger partial charge in [0.15, 0.2) is 0 Å². The van der Waals surface area contributed by atoms with Gasteiger partial charge in [0, 0.05) is 38.6 Å². The standard InChI is InChI=1S/C11H20ClNO3/c1-3-15-9-7-13(11(14)5-6-12)8-10(9)16-4-2/h9-10H,3-8H2,1-2H3/t9-,10+. The van der Waals surface area contributed by atoms with Crippen molar-refractivity contribution in [3.05, 3.63) is 0 Å². The summed E-state index contributed by atoms with van der Waals surface area (Å²) in [6.07, 6.45) is 0.396. The second-order valence-electron chi connectivity index (χ2n) is 3.73. The van der Waals surface area contributed by atoms with Gasteiger partial charge in [0.05, 0.1) is 0 Å². The Hall–Kier alpha value is -0.320. The molecule has 0 bridgehead atoms. The normalized spacial score (nSPS) is 25.1. The van der Waals surface area contributed by atoms with Gasteiger partial charge in [-0.05, 0) is 13.8 Å². The first-order valence-electron chi connectivity index (χ1n) is 5.79. The van der Waals surface area contributed by atoms with Crippen LogP contribution < -0.4 is 0 Å². The number of amides is 1. The lowest BCUT2D eigenvalue weighted by Crippen LogP contribution is -2.30. The van der Waals surface area contributed by atoms with Crippen LogP contribution in [0.2, 0.25) is 0 Å². The van der Waals surface area contributed by atoms with Crippen molar-refractivity contribution in [3.8, 4) is 0 Å². The molecular weight excluding hydrogens is 230 g/mol. The minimum atomic E-state index is 0.00391. The fourth-order valence-electron chi connectivity index (χ4n) is 1.93. The summed E-state index contributed by atoms with van der Waals surface area (Å²) >= 11 is 5.56. The molecule has 0 aromatic carbocycles. The third-order valence-electron chi connectivity index (χ3n) is 2.64. The highest BCUT2D eigenvalue weighted by Gasteiger charge is 2.35. The quantitative estimate of drug-likeness (QED) is 0.666. The van der Waals surface area contributed by atoms with Crippen molar-refractivity contribution < 1.29 is 14.3 Å². The van der Waals surface area contributed by atoms with Gasteiger partial charge in [-0.2, -0.15) is 0 Å². The van der Waals surface area contributed by atoms with E-state index in [-0.39, 0.29) is 18.1 Å². The molecule has 1 fully saturated rings. The van der Waals surface area contributed by atoms with Crippen LogP contribution in [0.25, 0.3) is 0 Å². The summed E-state index contributed by atoms with van der Waals surface area (Å²) in [5, 5.41) is 0. The SMILES string of the molecule is CCO[C@H]1CN(C(=O)CCCl)C[C@H]1OCC. The smallest absolute Gasteiger partial charge is 0.223 e. The minimum Gasteiger partial charge on any atom is -0.374 e. The summed E-state index contributed by atoms with van der Waals surface area (Å²) in [6, 6.07) is 0. The van der Waals surface area contributed by atoms with E-state index in [4.69, 9.17) is 21.1 Å². The molecular formula is C11H20ClNO3. The average Bonchev–Trinajstić information content (AvgIpc) is 2.64. The van der Waals surface area contributed by atoms with E-state index >= 15 is 0 Å². The summed E-state index contributed by atoms with van der Waals surface area (Å²) < 4.78 is 11.1. The van der Waals surface area contributed by atoms with Gasteiger partial charge in [-0.1, -0.05) is 0 Å². The molecule has 1 saturated heterocycles. The maximum atomic E-state index is 11.7. The molecule has 0 aliphatic carbocycles. The zero-order valence-electron chi connectivity index (χ0n) is 9.95. The Kier molecular flexibility index (Phi) is 6.09. The number of halogens is 1. The number of hydrogen-bond acceptors (Lipinski definition) is 3. The predicted octanol–water partition coefficient (Wildman–Crippen LogP) is 1.27. The number of likely N-dealkylation sites (tertiary alicyclic amines) is 1. The number of hydrogen-bond donors (Lipinski definition) is 0. The molecule has 5 heteroatoms. The minimum absolute atomic E-state index is 0.00391. The van der Waals surface area contributed by atoms with Gasteiger partial charge in [-0.3, -0.25) is 4.79 Å². The van der Waals surface area contributed by atoms with Crippen LogP contribution in [0.1, 0.15) is 20.3 Å². The largest absolute Gasteiger partial charge is 0.374 e. The van der Waals surface area contributed by atoms with Gasteiger partial charge in [0.1, 0.15) is 12.2 Å². The lowest BCUT2D eigenvalue weighted by Gasteiger charge is -2.17. The second-order valence-corrected chi connectivity index (χ2v) is 4.10. The van der Waals surface area contributed by atoms with E-state index in [1.165, 1.54) is 0 Å². The fraction of sp³-hybridized carbons (Fsp3) is 0.909. The average molecular weight is 250 g/mol. The molecule has 94 valence electrons. The lowest BCUT2D eigenvalue weighted by molar-refractivity contribution is -0.130. The summed E-state index contributed by atoms with van der Waals surface area (Å²) in [5.41, 5.74) is 0. The number of rotatable bonds is 6. The molecule has 1 aliphatic heterocycles. The van der Waals surface area contributed by atoms with Crippen LogP contribution in [0.5, 0.6) is 0 Å². The highest BCUT2D eigenvalue weighted by molar-refractivity contribution is 6.18. The molecule has 1 heterocycles. The Morgan fingerprint density at radius 3 is 2.12 bits per heavy atom. The predicted molar refractivity (Wildman–Crippen MR) is 62.7 cm³/mol. The number of nitrogens with zero attached hydrogens (tertiary/aromatic N) is 1. The van der Waals surface area contributed by atoms with E-state index < -0.39 is 0 Å². The van der Waals surface area contributed by atoms with E-state index in [1.807, 2.05) is 13.8 Å². The van der Waals surface area contributed by atoms with Crippen molar-refractivity contribution >= 4 is 17.5 Å². The Bertz CT molecular complexity index is 211. The Morgan fingerprint density at radius 2 is 1.75 bits per heavy atom. The van der Waals surface area contributed by atoms with E-state index in [9.17, 15) is 4.79 Å². The fourth-order valence-corrected chi connectivity index (χ4v) is 2.10. The van der Waals surface area contributed by atoms with Crippen LogP contribution in [0.3, 0.4) is 0 Å². The molecule has 0 radical (unpaired) electrons. The van der Waals surface area contributed by atoms with Crippen LogP contribution in [-0.4, -0.2) is 55.2 Å². The van der Waals surface area contributed by atoms with E-state index in [1.54, 1.807) is 4.90 Å². The van der Waals surface area contributed by atoms with Crippen LogP contribution in [-0.2, 0) is 14.3 Å². The molecule has 1 rings (SSSR count). The molecule has 0 aromatic rings. The first-order valence-corrected chi connectivity index (χ1v) is 6.33. The topological polar surface area (TPSA) is 38.8 Å².